The highest BCUT2D eigenvalue weighted by Crippen LogP contribution is 2.35. The highest BCUT2D eigenvalue weighted by Gasteiger charge is 2.33. The predicted octanol–water partition coefficient (Wildman–Crippen LogP) is 2.09. The van der Waals surface area contributed by atoms with Crippen molar-refractivity contribution in [2.75, 3.05) is 6.61 Å². The fraction of sp³-hybridized carbons (Fsp3) is 0.250. The highest BCUT2D eigenvalue weighted by molar-refractivity contribution is 5.63. The Bertz CT molecular complexity index is 572. The molecule has 0 aliphatic rings. The molecule has 2 rings (SSSR count). The number of alkyl halides is 3. The fourth-order valence-corrected chi connectivity index (χ4v) is 1.63. The third-order valence-electron chi connectivity index (χ3n) is 2.45. The summed E-state index contributed by atoms with van der Waals surface area (Å²) in [6, 6.07) is 5.13. The first-order valence-corrected chi connectivity index (χ1v) is 5.48. The number of nitrogens with zero attached hydrogens (tertiary/aromatic N) is 3. The smallest absolute Gasteiger partial charge is 0.396 e. The van der Waals surface area contributed by atoms with Crippen LogP contribution in [0.1, 0.15) is 11.4 Å². The van der Waals surface area contributed by atoms with Gasteiger partial charge in [0.05, 0.1) is 24.1 Å². The molecule has 0 fully saturated rings. The van der Waals surface area contributed by atoms with Crippen LogP contribution in [-0.4, -0.2) is 26.9 Å². The van der Waals surface area contributed by atoms with Crippen molar-refractivity contribution in [1.29, 1.82) is 0 Å². The van der Waals surface area contributed by atoms with Crippen LogP contribution in [0.3, 0.4) is 0 Å². The van der Waals surface area contributed by atoms with E-state index in [-0.39, 0.29) is 30.1 Å². The maximum absolute atomic E-state index is 12.9. The summed E-state index contributed by atoms with van der Waals surface area (Å²) in [5.74, 6) is 0.206. The van der Waals surface area contributed by atoms with Gasteiger partial charge in [-0.2, -0.15) is 18.3 Å². The largest absolute Gasteiger partial charge is 0.417 e. The molecule has 4 nitrogen and oxygen atoms in total. The van der Waals surface area contributed by atoms with Crippen molar-refractivity contribution in [2.45, 2.75) is 12.6 Å². The van der Waals surface area contributed by atoms with Crippen molar-refractivity contribution < 1.29 is 18.3 Å². The van der Waals surface area contributed by atoms with Crippen LogP contribution in [0, 0.1) is 0 Å². The molecular formula is C12H10F3N3O. The number of aromatic nitrogens is 3. The van der Waals surface area contributed by atoms with E-state index >= 15 is 0 Å². The summed E-state index contributed by atoms with van der Waals surface area (Å²) in [4.78, 5) is 3.97. The molecule has 1 aromatic heterocycles. The van der Waals surface area contributed by atoms with Crippen molar-refractivity contribution in [3.8, 4) is 11.3 Å². The second-order valence-corrected chi connectivity index (χ2v) is 3.77. The number of aliphatic hydroxyl groups excluding tert-OH is 1. The van der Waals surface area contributed by atoms with Gasteiger partial charge in [0.15, 0.2) is 5.82 Å². The van der Waals surface area contributed by atoms with Gasteiger partial charge < -0.3 is 5.11 Å². The molecular weight excluding hydrogens is 259 g/mol. The molecule has 0 spiro atoms. The molecule has 0 unspecified atom stereocenters. The standard InChI is InChI=1S/C12H10F3N3O/c13-12(14,15)9-4-2-1-3-8(9)10-7-16-18-11(17-10)5-6-19/h1-4,7,19H,5-6H2. The number of hydrogen-bond donors (Lipinski definition) is 1. The minimum atomic E-state index is -4.46. The summed E-state index contributed by atoms with van der Waals surface area (Å²) >= 11 is 0. The van der Waals surface area contributed by atoms with Crippen molar-refractivity contribution in [3.63, 3.8) is 0 Å². The van der Waals surface area contributed by atoms with Gasteiger partial charge in [0, 0.05) is 12.0 Å². The van der Waals surface area contributed by atoms with Gasteiger partial charge in [-0.05, 0) is 6.07 Å². The zero-order valence-corrected chi connectivity index (χ0v) is 9.72. The van der Waals surface area contributed by atoms with Crippen LogP contribution < -0.4 is 0 Å². The number of hydrogen-bond acceptors (Lipinski definition) is 4. The molecule has 7 heteroatoms. The Morgan fingerprint density at radius 1 is 1.16 bits per heavy atom. The summed E-state index contributed by atoms with van der Waals surface area (Å²) in [6.45, 7) is -0.188. The predicted molar refractivity (Wildman–Crippen MR) is 61.1 cm³/mol. The molecule has 1 N–H and O–H groups in total. The van der Waals surface area contributed by atoms with Crippen molar-refractivity contribution >= 4 is 0 Å². The first-order valence-electron chi connectivity index (χ1n) is 5.48. The number of benzene rings is 1. The third-order valence-corrected chi connectivity index (χ3v) is 2.45. The summed E-state index contributed by atoms with van der Waals surface area (Å²) < 4.78 is 38.6. The van der Waals surface area contributed by atoms with Gasteiger partial charge in [-0.1, -0.05) is 18.2 Å². The molecule has 1 aromatic carbocycles. The van der Waals surface area contributed by atoms with Crippen LogP contribution in [0.5, 0.6) is 0 Å². The van der Waals surface area contributed by atoms with Crippen LogP contribution in [0.15, 0.2) is 30.5 Å². The Hall–Kier alpha value is -2.02. The van der Waals surface area contributed by atoms with Crippen LogP contribution >= 0.6 is 0 Å². The van der Waals surface area contributed by atoms with E-state index in [1.807, 2.05) is 0 Å². The lowest BCUT2D eigenvalue weighted by molar-refractivity contribution is -0.137. The van der Waals surface area contributed by atoms with E-state index < -0.39 is 11.7 Å². The molecule has 0 amide bonds. The van der Waals surface area contributed by atoms with Crippen LogP contribution in [0.4, 0.5) is 13.2 Å². The average molecular weight is 269 g/mol. The Kier molecular flexibility index (Phi) is 3.75. The van der Waals surface area contributed by atoms with E-state index in [1.54, 1.807) is 0 Å². The van der Waals surface area contributed by atoms with E-state index in [0.29, 0.717) is 0 Å². The Morgan fingerprint density at radius 2 is 1.89 bits per heavy atom. The summed E-state index contributed by atoms with van der Waals surface area (Å²) in [5.41, 5.74) is -0.735. The molecule has 19 heavy (non-hydrogen) atoms. The second-order valence-electron chi connectivity index (χ2n) is 3.77. The third kappa shape index (κ3) is 3.05. The average Bonchev–Trinajstić information content (AvgIpc) is 2.38. The summed E-state index contributed by atoms with van der Waals surface area (Å²) in [7, 11) is 0. The van der Waals surface area contributed by atoms with E-state index in [2.05, 4.69) is 15.2 Å². The molecule has 0 aliphatic heterocycles. The SMILES string of the molecule is OCCc1nncc(-c2ccccc2C(F)(F)F)n1. The topological polar surface area (TPSA) is 58.9 Å². The molecule has 0 atom stereocenters. The first-order chi connectivity index (χ1) is 9.02. The second kappa shape index (κ2) is 5.31. The van der Waals surface area contributed by atoms with Gasteiger partial charge in [-0.3, -0.25) is 0 Å². The number of rotatable bonds is 3. The van der Waals surface area contributed by atoms with Gasteiger partial charge in [0.25, 0.3) is 0 Å². The fourth-order valence-electron chi connectivity index (χ4n) is 1.63. The number of aliphatic hydroxyl groups is 1. The maximum Gasteiger partial charge on any atom is 0.417 e. The summed E-state index contributed by atoms with van der Waals surface area (Å²) in [6.07, 6.45) is -3.14. The molecule has 1 heterocycles. The molecule has 0 aliphatic carbocycles. The molecule has 0 radical (unpaired) electrons. The maximum atomic E-state index is 12.9. The van der Waals surface area contributed by atoms with Crippen molar-refractivity contribution in [1.82, 2.24) is 15.2 Å². The van der Waals surface area contributed by atoms with Crippen LogP contribution in [0.25, 0.3) is 11.3 Å². The molecule has 100 valence electrons. The lowest BCUT2D eigenvalue weighted by atomic mass is 10.0. The lowest BCUT2D eigenvalue weighted by Crippen LogP contribution is -2.08. The zero-order valence-electron chi connectivity index (χ0n) is 9.72. The lowest BCUT2D eigenvalue weighted by Gasteiger charge is -2.12. The Morgan fingerprint density at radius 3 is 2.58 bits per heavy atom. The van der Waals surface area contributed by atoms with E-state index in [0.717, 1.165) is 6.07 Å². The minimum absolute atomic E-state index is 0.0518. The van der Waals surface area contributed by atoms with Gasteiger partial charge in [0.1, 0.15) is 0 Å². The van der Waals surface area contributed by atoms with E-state index in [9.17, 15) is 13.2 Å². The first kappa shape index (κ1) is 13.4. The normalized spacial score (nSPS) is 11.6. The minimum Gasteiger partial charge on any atom is -0.396 e. The molecule has 0 bridgehead atoms. The van der Waals surface area contributed by atoms with Gasteiger partial charge in [-0.25, -0.2) is 4.98 Å². The zero-order chi connectivity index (χ0) is 13.9. The van der Waals surface area contributed by atoms with Crippen LogP contribution in [0.2, 0.25) is 0 Å². The Balaban J connectivity index is 2.50. The van der Waals surface area contributed by atoms with E-state index in [4.69, 9.17) is 5.11 Å². The van der Waals surface area contributed by atoms with Gasteiger partial charge in [-0.15, -0.1) is 5.10 Å². The quantitative estimate of drug-likeness (QED) is 0.927. The van der Waals surface area contributed by atoms with Crippen molar-refractivity contribution in [3.05, 3.63) is 41.9 Å². The van der Waals surface area contributed by atoms with E-state index in [1.165, 1.54) is 24.4 Å². The summed E-state index contributed by atoms with van der Waals surface area (Å²) in [5, 5.41) is 16.0. The molecule has 0 saturated carbocycles. The monoisotopic (exact) mass is 269 g/mol. The van der Waals surface area contributed by atoms with Gasteiger partial charge >= 0.3 is 6.18 Å². The highest BCUT2D eigenvalue weighted by atomic mass is 19.4. The number of halogens is 3. The van der Waals surface area contributed by atoms with Crippen molar-refractivity contribution in [2.24, 2.45) is 0 Å². The Labute approximate surface area is 107 Å². The van der Waals surface area contributed by atoms with Crippen LogP contribution in [-0.2, 0) is 12.6 Å². The molecule has 2 aromatic rings. The molecule has 0 saturated heterocycles. The van der Waals surface area contributed by atoms with Gasteiger partial charge in [0.2, 0.25) is 0 Å².